The molecule has 0 aliphatic carbocycles. The lowest BCUT2D eigenvalue weighted by atomic mass is 10.3. The molecule has 0 aliphatic heterocycles. The van der Waals surface area contributed by atoms with Crippen molar-refractivity contribution in [3.8, 4) is 0 Å². The number of carboxylic acid groups (broad SMARTS) is 1. The van der Waals surface area contributed by atoms with Gasteiger partial charge in [0.25, 0.3) is 0 Å². The standard InChI is InChI=1S/C7H9BrN2O2/c1-2-4-6(7(11)12)10-5(3-8)9-4/h2-3H2,1H3,(H,9,10)(H,11,12). The number of carboxylic acids is 1. The molecule has 0 unspecified atom stereocenters. The lowest BCUT2D eigenvalue weighted by molar-refractivity contribution is 0.0690. The Morgan fingerprint density at radius 1 is 1.75 bits per heavy atom. The van der Waals surface area contributed by atoms with Gasteiger partial charge in [-0.1, -0.05) is 22.9 Å². The smallest absolute Gasteiger partial charge is 0.356 e. The molecule has 4 nitrogen and oxygen atoms in total. The lowest BCUT2D eigenvalue weighted by Gasteiger charge is -1.90. The Hall–Kier alpha value is -0.840. The van der Waals surface area contributed by atoms with Crippen LogP contribution in [0.3, 0.4) is 0 Å². The SMILES string of the molecule is CCc1[nH]c(CBr)nc1C(=O)O. The van der Waals surface area contributed by atoms with E-state index < -0.39 is 5.97 Å². The van der Waals surface area contributed by atoms with Gasteiger partial charge in [-0.2, -0.15) is 0 Å². The number of rotatable bonds is 3. The minimum absolute atomic E-state index is 0.131. The summed E-state index contributed by atoms with van der Waals surface area (Å²) >= 11 is 3.20. The van der Waals surface area contributed by atoms with Crippen molar-refractivity contribution in [2.75, 3.05) is 0 Å². The maximum absolute atomic E-state index is 10.6. The Balaban J connectivity index is 3.08. The van der Waals surface area contributed by atoms with Gasteiger partial charge >= 0.3 is 5.97 Å². The number of aromatic carboxylic acids is 1. The number of aromatic nitrogens is 2. The fourth-order valence-electron chi connectivity index (χ4n) is 0.960. The first-order valence-corrected chi connectivity index (χ1v) is 4.68. The van der Waals surface area contributed by atoms with E-state index in [4.69, 9.17) is 5.11 Å². The van der Waals surface area contributed by atoms with Crippen LogP contribution in [0.1, 0.15) is 28.9 Å². The molecule has 0 aromatic carbocycles. The number of alkyl halides is 1. The van der Waals surface area contributed by atoms with E-state index in [1.165, 1.54) is 0 Å². The van der Waals surface area contributed by atoms with Crippen LogP contribution in [-0.2, 0) is 11.8 Å². The predicted molar refractivity (Wildman–Crippen MR) is 47.6 cm³/mol. The van der Waals surface area contributed by atoms with Crippen LogP contribution in [-0.4, -0.2) is 21.0 Å². The zero-order valence-corrected chi connectivity index (χ0v) is 8.18. The molecule has 0 bridgehead atoms. The molecule has 66 valence electrons. The van der Waals surface area contributed by atoms with Crippen molar-refractivity contribution < 1.29 is 9.90 Å². The van der Waals surface area contributed by atoms with E-state index in [-0.39, 0.29) is 5.69 Å². The van der Waals surface area contributed by atoms with Gasteiger partial charge in [0, 0.05) is 5.69 Å². The van der Waals surface area contributed by atoms with Gasteiger partial charge in [-0.15, -0.1) is 0 Å². The van der Waals surface area contributed by atoms with E-state index >= 15 is 0 Å². The molecule has 1 heterocycles. The van der Waals surface area contributed by atoms with E-state index in [1.807, 2.05) is 6.92 Å². The highest BCUT2D eigenvalue weighted by molar-refractivity contribution is 9.08. The van der Waals surface area contributed by atoms with Crippen LogP contribution in [0.25, 0.3) is 0 Å². The summed E-state index contributed by atoms with van der Waals surface area (Å²) in [5.74, 6) is -0.320. The van der Waals surface area contributed by atoms with Crippen LogP contribution < -0.4 is 0 Å². The molecule has 12 heavy (non-hydrogen) atoms. The van der Waals surface area contributed by atoms with Crippen LogP contribution in [0, 0.1) is 0 Å². The topological polar surface area (TPSA) is 66.0 Å². The fraction of sp³-hybridized carbons (Fsp3) is 0.429. The molecule has 0 aliphatic rings. The molecule has 0 saturated carbocycles. The zero-order chi connectivity index (χ0) is 9.14. The maximum Gasteiger partial charge on any atom is 0.356 e. The van der Waals surface area contributed by atoms with Crippen molar-refractivity contribution in [2.24, 2.45) is 0 Å². The third-order valence-electron chi connectivity index (χ3n) is 1.51. The van der Waals surface area contributed by atoms with Gasteiger partial charge < -0.3 is 10.1 Å². The minimum Gasteiger partial charge on any atom is -0.476 e. The summed E-state index contributed by atoms with van der Waals surface area (Å²) in [6, 6.07) is 0. The number of H-pyrrole nitrogens is 1. The first-order valence-electron chi connectivity index (χ1n) is 3.56. The average Bonchev–Trinajstić information content (AvgIpc) is 2.47. The Morgan fingerprint density at radius 3 is 2.75 bits per heavy atom. The molecule has 0 amide bonds. The number of nitrogens with one attached hydrogen (secondary N) is 1. The van der Waals surface area contributed by atoms with Crippen LogP contribution in [0.5, 0.6) is 0 Å². The number of hydrogen-bond donors (Lipinski definition) is 2. The number of carbonyl (C=O) groups is 1. The van der Waals surface area contributed by atoms with Gasteiger partial charge in [0.05, 0.1) is 5.33 Å². The molecule has 1 rings (SSSR count). The van der Waals surface area contributed by atoms with Crippen molar-refractivity contribution in [2.45, 2.75) is 18.7 Å². The van der Waals surface area contributed by atoms with Gasteiger partial charge in [0.1, 0.15) is 5.82 Å². The van der Waals surface area contributed by atoms with Crippen molar-refractivity contribution in [1.82, 2.24) is 9.97 Å². The van der Waals surface area contributed by atoms with Gasteiger partial charge in [-0.25, -0.2) is 9.78 Å². The maximum atomic E-state index is 10.6. The Kier molecular flexibility index (Phi) is 2.86. The molecule has 0 saturated heterocycles. The quantitative estimate of drug-likeness (QED) is 0.778. The number of halogens is 1. The third kappa shape index (κ3) is 1.66. The lowest BCUT2D eigenvalue weighted by Crippen LogP contribution is -2.00. The summed E-state index contributed by atoms with van der Waals surface area (Å²) in [6.07, 6.45) is 0.654. The normalized spacial score (nSPS) is 10.2. The second-order valence-electron chi connectivity index (χ2n) is 2.30. The average molecular weight is 233 g/mol. The van der Waals surface area contributed by atoms with Crippen molar-refractivity contribution in [3.63, 3.8) is 0 Å². The van der Waals surface area contributed by atoms with Crippen LogP contribution >= 0.6 is 15.9 Å². The first-order chi connectivity index (χ1) is 5.69. The molecule has 0 atom stereocenters. The Labute approximate surface area is 78.1 Å². The molecule has 0 fully saturated rings. The summed E-state index contributed by atoms with van der Waals surface area (Å²) in [7, 11) is 0. The van der Waals surface area contributed by atoms with Crippen LogP contribution in [0.4, 0.5) is 0 Å². The molecule has 1 aromatic heterocycles. The van der Waals surface area contributed by atoms with E-state index in [9.17, 15) is 4.79 Å². The van der Waals surface area contributed by atoms with Crippen molar-refractivity contribution >= 4 is 21.9 Å². The van der Waals surface area contributed by atoms with Gasteiger partial charge in [-0.05, 0) is 6.42 Å². The monoisotopic (exact) mass is 232 g/mol. The summed E-state index contributed by atoms with van der Waals surface area (Å²) in [5.41, 5.74) is 0.809. The van der Waals surface area contributed by atoms with E-state index in [0.717, 1.165) is 0 Å². The molecular formula is C7H9BrN2O2. The number of imidazole rings is 1. The Morgan fingerprint density at radius 2 is 2.42 bits per heavy atom. The largest absolute Gasteiger partial charge is 0.476 e. The molecule has 1 aromatic rings. The summed E-state index contributed by atoms with van der Waals surface area (Å²) in [4.78, 5) is 17.4. The number of hydrogen-bond acceptors (Lipinski definition) is 2. The summed E-state index contributed by atoms with van der Waals surface area (Å²) in [6.45, 7) is 1.89. The molecule has 5 heteroatoms. The second kappa shape index (κ2) is 3.71. The second-order valence-corrected chi connectivity index (χ2v) is 2.86. The fourth-order valence-corrected chi connectivity index (χ4v) is 1.23. The first kappa shape index (κ1) is 9.25. The highest BCUT2D eigenvalue weighted by Gasteiger charge is 2.13. The molecule has 2 N–H and O–H groups in total. The van der Waals surface area contributed by atoms with E-state index in [1.54, 1.807) is 0 Å². The summed E-state index contributed by atoms with van der Waals surface area (Å²) in [5, 5.41) is 9.26. The minimum atomic E-state index is -0.977. The number of aromatic amines is 1. The number of aryl methyl sites for hydroxylation is 1. The van der Waals surface area contributed by atoms with Crippen LogP contribution in [0.15, 0.2) is 0 Å². The van der Waals surface area contributed by atoms with Crippen molar-refractivity contribution in [3.05, 3.63) is 17.2 Å². The highest BCUT2D eigenvalue weighted by atomic mass is 79.9. The molecule has 0 spiro atoms. The van der Waals surface area contributed by atoms with Crippen LogP contribution in [0.2, 0.25) is 0 Å². The zero-order valence-electron chi connectivity index (χ0n) is 6.59. The van der Waals surface area contributed by atoms with E-state index in [2.05, 4.69) is 25.9 Å². The van der Waals surface area contributed by atoms with Gasteiger partial charge in [-0.3, -0.25) is 0 Å². The summed E-state index contributed by atoms with van der Waals surface area (Å²) < 4.78 is 0. The van der Waals surface area contributed by atoms with Crippen molar-refractivity contribution in [1.29, 1.82) is 0 Å². The molecular weight excluding hydrogens is 224 g/mol. The van der Waals surface area contributed by atoms with Gasteiger partial charge in [0.2, 0.25) is 0 Å². The third-order valence-corrected chi connectivity index (χ3v) is 2.04. The Bertz CT molecular complexity index is 296. The number of nitrogens with zero attached hydrogens (tertiary/aromatic N) is 1. The van der Waals surface area contributed by atoms with E-state index in [0.29, 0.717) is 23.3 Å². The van der Waals surface area contributed by atoms with Gasteiger partial charge in [0.15, 0.2) is 5.69 Å². The molecule has 0 radical (unpaired) electrons. The highest BCUT2D eigenvalue weighted by Crippen LogP contribution is 2.09. The predicted octanol–water partition coefficient (Wildman–Crippen LogP) is 1.57.